The van der Waals surface area contributed by atoms with E-state index in [1.807, 2.05) is 25.1 Å². The number of nitrogens with zero attached hydrogens (tertiary/aromatic N) is 1. The van der Waals surface area contributed by atoms with Crippen LogP contribution in [0.5, 0.6) is 11.5 Å². The lowest BCUT2D eigenvalue weighted by Gasteiger charge is -2.01. The van der Waals surface area contributed by atoms with E-state index < -0.39 is 0 Å². The molecule has 4 heteroatoms. The van der Waals surface area contributed by atoms with Crippen molar-refractivity contribution in [2.24, 2.45) is 0 Å². The van der Waals surface area contributed by atoms with Gasteiger partial charge in [0, 0.05) is 5.56 Å². The van der Waals surface area contributed by atoms with E-state index in [0.29, 0.717) is 0 Å². The first-order valence-corrected chi connectivity index (χ1v) is 9.08. The van der Waals surface area contributed by atoms with Gasteiger partial charge in [0.2, 0.25) is 0 Å². The maximum absolute atomic E-state index is 9.59. The molecule has 0 atom stereocenters. The maximum atomic E-state index is 9.59. The summed E-state index contributed by atoms with van der Waals surface area (Å²) in [6, 6.07) is 18.8. The van der Waals surface area contributed by atoms with Gasteiger partial charge >= 0.3 is 0 Å². The Balaban J connectivity index is 1.58. The largest absolute Gasteiger partial charge is 0.508 e. The highest BCUT2D eigenvalue weighted by Crippen LogP contribution is 2.32. The summed E-state index contributed by atoms with van der Waals surface area (Å²) < 4.78 is 0.978. The molecule has 4 aromatic rings. The van der Waals surface area contributed by atoms with E-state index in [0.717, 1.165) is 37.5 Å². The molecular weight excluding hydrogens is 342 g/mol. The first-order chi connectivity index (χ1) is 12.6. The molecule has 0 aliphatic carbocycles. The minimum absolute atomic E-state index is 0.262. The number of fused-ring (bicyclic) bond motifs is 1. The molecule has 4 rings (SSSR count). The van der Waals surface area contributed by atoms with Gasteiger partial charge in [0.15, 0.2) is 0 Å². The predicted octanol–water partition coefficient (Wildman–Crippen LogP) is 5.85. The zero-order valence-corrected chi connectivity index (χ0v) is 15.0. The van der Waals surface area contributed by atoms with Crippen LogP contribution < -0.4 is 0 Å². The third-order valence-electron chi connectivity index (χ3n) is 4.24. The molecule has 128 valence electrons. The van der Waals surface area contributed by atoms with Gasteiger partial charge in [-0.25, -0.2) is 4.98 Å². The Bertz CT molecular complexity index is 1110. The lowest BCUT2D eigenvalue weighted by atomic mass is 10.1. The summed E-state index contributed by atoms with van der Waals surface area (Å²) in [5.41, 5.74) is 5.17. The third-order valence-corrected chi connectivity index (χ3v) is 5.31. The fourth-order valence-electron chi connectivity index (χ4n) is 2.81. The molecule has 0 unspecified atom stereocenters. The standard InChI is InChI=1S/C22H17NO2S/c1-14-12-18(24)9-8-16(14)5-2-15-3-6-17(7-4-15)22-23-20-11-10-19(25)13-21(20)26-22/h2-13,24-25H,1H3/b5-2+. The quantitative estimate of drug-likeness (QED) is 0.451. The Hall–Kier alpha value is -3.11. The van der Waals surface area contributed by atoms with Gasteiger partial charge in [0.05, 0.1) is 10.2 Å². The van der Waals surface area contributed by atoms with Crippen molar-refractivity contribution in [3.63, 3.8) is 0 Å². The highest BCUT2D eigenvalue weighted by Gasteiger charge is 2.06. The van der Waals surface area contributed by atoms with Gasteiger partial charge in [0.1, 0.15) is 16.5 Å². The van der Waals surface area contributed by atoms with Gasteiger partial charge in [-0.1, -0.05) is 42.5 Å². The molecule has 0 spiro atoms. The van der Waals surface area contributed by atoms with E-state index in [1.54, 1.807) is 35.6 Å². The van der Waals surface area contributed by atoms with Crippen LogP contribution in [-0.4, -0.2) is 15.2 Å². The molecule has 1 heterocycles. The SMILES string of the molecule is Cc1cc(O)ccc1/C=C/c1ccc(-c2nc3ccc(O)cc3s2)cc1. The summed E-state index contributed by atoms with van der Waals surface area (Å²) in [5, 5.41) is 20.0. The van der Waals surface area contributed by atoms with Crippen LogP contribution in [0, 0.1) is 6.92 Å². The molecular formula is C22H17NO2S. The number of rotatable bonds is 3. The summed E-state index contributed by atoms with van der Waals surface area (Å²) in [5.74, 6) is 0.547. The third kappa shape index (κ3) is 3.32. The van der Waals surface area contributed by atoms with Crippen LogP contribution in [0.1, 0.15) is 16.7 Å². The molecule has 0 radical (unpaired) electrons. The Morgan fingerprint density at radius 3 is 2.35 bits per heavy atom. The van der Waals surface area contributed by atoms with E-state index in [2.05, 4.69) is 35.3 Å². The molecule has 0 fully saturated rings. The normalized spacial score (nSPS) is 11.4. The predicted molar refractivity (Wildman–Crippen MR) is 108 cm³/mol. The lowest BCUT2D eigenvalue weighted by molar-refractivity contribution is 0.474. The number of aromatic nitrogens is 1. The minimum Gasteiger partial charge on any atom is -0.508 e. The highest BCUT2D eigenvalue weighted by atomic mass is 32.1. The number of aryl methyl sites for hydroxylation is 1. The second-order valence-corrected chi connectivity index (χ2v) is 7.20. The first-order valence-electron chi connectivity index (χ1n) is 8.26. The molecule has 0 aliphatic rings. The molecule has 2 N–H and O–H groups in total. The Kier molecular flexibility index (Phi) is 4.19. The molecule has 1 aromatic heterocycles. The monoisotopic (exact) mass is 359 g/mol. The van der Waals surface area contributed by atoms with E-state index in [4.69, 9.17) is 0 Å². The van der Waals surface area contributed by atoms with E-state index in [9.17, 15) is 10.2 Å². The maximum Gasteiger partial charge on any atom is 0.124 e. The van der Waals surface area contributed by atoms with Gasteiger partial charge in [-0.05, 0) is 53.9 Å². The van der Waals surface area contributed by atoms with Crippen LogP contribution in [0.2, 0.25) is 0 Å². The molecule has 0 bridgehead atoms. The summed E-state index contributed by atoms with van der Waals surface area (Å²) >= 11 is 1.57. The number of benzene rings is 3. The smallest absolute Gasteiger partial charge is 0.124 e. The van der Waals surface area contributed by atoms with Gasteiger partial charge < -0.3 is 10.2 Å². The Morgan fingerprint density at radius 1 is 0.846 bits per heavy atom. The number of phenols is 2. The number of phenolic OH excluding ortho intramolecular Hbond substituents is 2. The molecule has 26 heavy (non-hydrogen) atoms. The topological polar surface area (TPSA) is 53.4 Å². The van der Waals surface area contributed by atoms with Crippen molar-refractivity contribution >= 4 is 33.7 Å². The van der Waals surface area contributed by atoms with E-state index >= 15 is 0 Å². The second kappa shape index (κ2) is 6.65. The van der Waals surface area contributed by atoms with E-state index in [1.165, 1.54) is 0 Å². The Labute approximate surface area is 155 Å². The van der Waals surface area contributed by atoms with Crippen LogP contribution in [0.4, 0.5) is 0 Å². The lowest BCUT2D eigenvalue weighted by Crippen LogP contribution is -1.80. The molecule has 0 amide bonds. The number of thiazole rings is 1. The summed E-state index contributed by atoms with van der Waals surface area (Å²) in [6.07, 6.45) is 4.10. The van der Waals surface area contributed by atoms with E-state index in [-0.39, 0.29) is 11.5 Å². The van der Waals surface area contributed by atoms with Gasteiger partial charge in [0.25, 0.3) is 0 Å². The van der Waals surface area contributed by atoms with Crippen molar-refractivity contribution < 1.29 is 10.2 Å². The van der Waals surface area contributed by atoms with Crippen molar-refractivity contribution in [3.8, 4) is 22.1 Å². The van der Waals surface area contributed by atoms with Gasteiger partial charge in [-0.15, -0.1) is 11.3 Å². The molecule has 0 saturated carbocycles. The molecule has 0 saturated heterocycles. The second-order valence-electron chi connectivity index (χ2n) is 6.17. The molecule has 3 aromatic carbocycles. The summed E-state index contributed by atoms with van der Waals surface area (Å²) in [6.45, 7) is 1.98. The van der Waals surface area contributed by atoms with Crippen LogP contribution in [-0.2, 0) is 0 Å². The van der Waals surface area contributed by atoms with Crippen LogP contribution in [0.3, 0.4) is 0 Å². The average molecular weight is 359 g/mol. The molecule has 0 aliphatic heterocycles. The number of aromatic hydroxyl groups is 2. The van der Waals surface area contributed by atoms with Gasteiger partial charge in [-0.2, -0.15) is 0 Å². The van der Waals surface area contributed by atoms with Crippen molar-refractivity contribution in [1.29, 1.82) is 0 Å². The highest BCUT2D eigenvalue weighted by molar-refractivity contribution is 7.21. The van der Waals surface area contributed by atoms with Crippen molar-refractivity contribution in [1.82, 2.24) is 4.98 Å². The summed E-state index contributed by atoms with van der Waals surface area (Å²) in [7, 11) is 0. The van der Waals surface area contributed by atoms with Crippen molar-refractivity contribution in [3.05, 3.63) is 77.4 Å². The summed E-state index contributed by atoms with van der Waals surface area (Å²) in [4.78, 5) is 4.63. The average Bonchev–Trinajstić information content (AvgIpc) is 3.04. The fourth-order valence-corrected chi connectivity index (χ4v) is 3.81. The molecule has 3 nitrogen and oxygen atoms in total. The fraction of sp³-hybridized carbons (Fsp3) is 0.0455. The van der Waals surface area contributed by atoms with Crippen LogP contribution in [0.15, 0.2) is 60.7 Å². The zero-order chi connectivity index (χ0) is 18.1. The minimum atomic E-state index is 0.262. The first kappa shape index (κ1) is 16.4. The zero-order valence-electron chi connectivity index (χ0n) is 14.2. The van der Waals surface area contributed by atoms with Crippen LogP contribution >= 0.6 is 11.3 Å². The van der Waals surface area contributed by atoms with Crippen molar-refractivity contribution in [2.75, 3.05) is 0 Å². The number of hydrogen-bond acceptors (Lipinski definition) is 4. The Morgan fingerprint density at radius 2 is 1.58 bits per heavy atom. The van der Waals surface area contributed by atoms with Crippen molar-refractivity contribution in [2.45, 2.75) is 6.92 Å². The van der Waals surface area contributed by atoms with Crippen LogP contribution in [0.25, 0.3) is 32.9 Å². The number of hydrogen-bond donors (Lipinski definition) is 2. The van der Waals surface area contributed by atoms with Gasteiger partial charge in [-0.3, -0.25) is 0 Å².